The van der Waals surface area contributed by atoms with Gasteiger partial charge in [-0.1, -0.05) is 50.3 Å². The summed E-state index contributed by atoms with van der Waals surface area (Å²) in [5.41, 5.74) is 2.88. The highest BCUT2D eigenvalue weighted by Gasteiger charge is 1.97. The van der Waals surface area contributed by atoms with Crippen LogP contribution in [0.4, 0.5) is 0 Å². The van der Waals surface area contributed by atoms with E-state index in [1.165, 1.54) is 17.5 Å². The number of rotatable bonds is 6. The number of aryl methyl sites for hydroxylation is 1. The molecule has 0 fully saturated rings. The van der Waals surface area contributed by atoms with Crippen LogP contribution in [-0.2, 0) is 12.8 Å². The highest BCUT2D eigenvalue weighted by molar-refractivity contribution is 5.23. The van der Waals surface area contributed by atoms with Crippen LogP contribution in [0.25, 0.3) is 0 Å². The normalized spacial score (nSPS) is 11.5. The van der Waals surface area contributed by atoms with Gasteiger partial charge in [0.25, 0.3) is 0 Å². The number of hydrogen-bond donors (Lipinski definition) is 0. The highest BCUT2D eigenvalue weighted by Crippen LogP contribution is 2.11. The second-order valence-electron chi connectivity index (χ2n) is 4.71. The third-order valence-corrected chi connectivity index (χ3v) is 2.60. The summed E-state index contributed by atoms with van der Waals surface area (Å²) in [6, 6.07) is 9.05. The van der Waals surface area contributed by atoms with Crippen molar-refractivity contribution in [3.05, 3.63) is 54.5 Å². The molecule has 0 heterocycles. The minimum Gasteiger partial charge on any atom is -0.0885 e. The van der Waals surface area contributed by atoms with Crippen LogP contribution >= 0.6 is 0 Å². The van der Waals surface area contributed by atoms with E-state index < -0.39 is 0 Å². The molecule has 1 aromatic rings. The second kappa shape index (κ2) is 7.27. The zero-order valence-corrected chi connectivity index (χ0v) is 10.6. The molecule has 0 aliphatic carbocycles. The molecule has 0 bridgehead atoms. The first-order valence-electron chi connectivity index (χ1n) is 6.24. The maximum absolute atomic E-state index is 3.78. The summed E-state index contributed by atoms with van der Waals surface area (Å²) in [7, 11) is 0. The molecule has 0 spiro atoms. The SMILES string of the molecule is [CH2]CC=CCCc1ccc(CC(C)C)cc1. The molecular weight excluding hydrogens is 192 g/mol. The first-order valence-corrected chi connectivity index (χ1v) is 6.24. The molecule has 0 nitrogen and oxygen atoms in total. The Hall–Kier alpha value is -1.04. The van der Waals surface area contributed by atoms with E-state index in [4.69, 9.17) is 0 Å². The van der Waals surface area contributed by atoms with Gasteiger partial charge in [0, 0.05) is 0 Å². The molecule has 0 saturated carbocycles. The fourth-order valence-corrected chi connectivity index (χ4v) is 1.80. The summed E-state index contributed by atoms with van der Waals surface area (Å²) in [6.07, 6.45) is 8.69. The van der Waals surface area contributed by atoms with E-state index >= 15 is 0 Å². The molecule has 0 aliphatic rings. The Balaban J connectivity index is 2.42. The smallest absolute Gasteiger partial charge is 0.0244 e. The van der Waals surface area contributed by atoms with Gasteiger partial charge in [-0.3, -0.25) is 0 Å². The lowest BCUT2D eigenvalue weighted by molar-refractivity contribution is 0.647. The third kappa shape index (κ3) is 5.16. The monoisotopic (exact) mass is 215 g/mol. The maximum Gasteiger partial charge on any atom is -0.0244 e. The Morgan fingerprint density at radius 2 is 1.69 bits per heavy atom. The second-order valence-corrected chi connectivity index (χ2v) is 4.71. The van der Waals surface area contributed by atoms with Crippen molar-refractivity contribution in [3.63, 3.8) is 0 Å². The molecule has 0 aromatic heterocycles. The van der Waals surface area contributed by atoms with Crippen molar-refractivity contribution in [1.29, 1.82) is 0 Å². The van der Waals surface area contributed by atoms with Crippen molar-refractivity contribution in [2.24, 2.45) is 5.92 Å². The standard InChI is InChI=1S/C16H23/c1-4-5-6-7-8-15-9-11-16(12-10-15)13-14(2)3/h5-6,9-12,14H,1,4,7-8,13H2,2-3H3. The van der Waals surface area contributed by atoms with Crippen LogP contribution in [-0.4, -0.2) is 0 Å². The van der Waals surface area contributed by atoms with Gasteiger partial charge in [-0.25, -0.2) is 0 Å². The minimum absolute atomic E-state index is 0.742. The Morgan fingerprint density at radius 3 is 2.25 bits per heavy atom. The molecule has 1 aromatic carbocycles. The van der Waals surface area contributed by atoms with E-state index in [0.717, 1.165) is 25.2 Å². The number of hydrogen-bond acceptors (Lipinski definition) is 0. The Kier molecular flexibility index (Phi) is 5.92. The molecule has 0 saturated heterocycles. The Bertz CT molecular complexity index is 303. The molecule has 0 aliphatic heterocycles. The lowest BCUT2D eigenvalue weighted by Gasteiger charge is -2.05. The van der Waals surface area contributed by atoms with Crippen LogP contribution < -0.4 is 0 Å². The van der Waals surface area contributed by atoms with Crippen molar-refractivity contribution in [2.75, 3.05) is 0 Å². The van der Waals surface area contributed by atoms with Crippen molar-refractivity contribution in [3.8, 4) is 0 Å². The van der Waals surface area contributed by atoms with E-state index in [1.54, 1.807) is 0 Å². The molecule has 0 unspecified atom stereocenters. The number of benzene rings is 1. The van der Waals surface area contributed by atoms with Gasteiger partial charge >= 0.3 is 0 Å². The predicted octanol–water partition coefficient (Wildman–Crippen LogP) is 4.60. The molecule has 16 heavy (non-hydrogen) atoms. The highest BCUT2D eigenvalue weighted by atomic mass is 14.0. The molecular formula is C16H23. The van der Waals surface area contributed by atoms with Crippen LogP contribution in [0.15, 0.2) is 36.4 Å². The first-order chi connectivity index (χ1) is 7.72. The predicted molar refractivity (Wildman–Crippen MR) is 72.4 cm³/mol. The average molecular weight is 215 g/mol. The van der Waals surface area contributed by atoms with Crippen LogP contribution in [0.2, 0.25) is 0 Å². The molecule has 0 N–H and O–H groups in total. The van der Waals surface area contributed by atoms with E-state index in [2.05, 4.69) is 57.2 Å². The fraction of sp³-hybridized carbons (Fsp3) is 0.438. The minimum atomic E-state index is 0.742. The number of allylic oxidation sites excluding steroid dienone is 2. The third-order valence-electron chi connectivity index (χ3n) is 2.60. The van der Waals surface area contributed by atoms with Crippen molar-refractivity contribution in [2.45, 2.75) is 39.5 Å². The Labute approximate surface area is 100 Å². The van der Waals surface area contributed by atoms with E-state index in [9.17, 15) is 0 Å². The largest absolute Gasteiger partial charge is 0.0885 e. The topological polar surface area (TPSA) is 0 Å². The quantitative estimate of drug-likeness (QED) is 0.608. The van der Waals surface area contributed by atoms with Crippen molar-refractivity contribution in [1.82, 2.24) is 0 Å². The zero-order chi connectivity index (χ0) is 11.8. The summed E-state index contributed by atoms with van der Waals surface area (Å²) in [5.74, 6) is 0.742. The molecule has 0 amide bonds. The summed E-state index contributed by atoms with van der Waals surface area (Å²) >= 11 is 0. The van der Waals surface area contributed by atoms with Gasteiger partial charge < -0.3 is 0 Å². The molecule has 87 valence electrons. The van der Waals surface area contributed by atoms with Gasteiger partial charge in [0.2, 0.25) is 0 Å². The van der Waals surface area contributed by atoms with Crippen LogP contribution in [0, 0.1) is 12.8 Å². The summed E-state index contributed by atoms with van der Waals surface area (Å²) < 4.78 is 0. The van der Waals surface area contributed by atoms with Crippen LogP contribution in [0.1, 0.15) is 37.8 Å². The maximum atomic E-state index is 3.78. The van der Waals surface area contributed by atoms with Gasteiger partial charge in [0.15, 0.2) is 0 Å². The van der Waals surface area contributed by atoms with Gasteiger partial charge in [-0.2, -0.15) is 0 Å². The Morgan fingerprint density at radius 1 is 1.06 bits per heavy atom. The lowest BCUT2D eigenvalue weighted by Crippen LogP contribution is -1.94. The van der Waals surface area contributed by atoms with Crippen molar-refractivity contribution < 1.29 is 0 Å². The molecule has 0 heteroatoms. The summed E-state index contributed by atoms with van der Waals surface area (Å²) in [4.78, 5) is 0. The fourth-order valence-electron chi connectivity index (χ4n) is 1.80. The van der Waals surface area contributed by atoms with Gasteiger partial charge in [-0.05, 0) is 49.7 Å². The average Bonchev–Trinajstić information content (AvgIpc) is 2.26. The van der Waals surface area contributed by atoms with Gasteiger partial charge in [0.1, 0.15) is 0 Å². The van der Waals surface area contributed by atoms with Gasteiger partial charge in [-0.15, -0.1) is 0 Å². The molecule has 1 rings (SSSR count). The van der Waals surface area contributed by atoms with E-state index in [1.807, 2.05) is 0 Å². The lowest BCUT2D eigenvalue weighted by atomic mass is 10.0. The molecule has 1 radical (unpaired) electrons. The first kappa shape index (κ1) is 13.0. The van der Waals surface area contributed by atoms with E-state index in [-0.39, 0.29) is 0 Å². The van der Waals surface area contributed by atoms with Crippen LogP contribution in [0.3, 0.4) is 0 Å². The zero-order valence-electron chi connectivity index (χ0n) is 10.6. The van der Waals surface area contributed by atoms with Crippen LogP contribution in [0.5, 0.6) is 0 Å². The summed E-state index contributed by atoms with van der Waals surface area (Å²) in [6.45, 7) is 8.31. The molecule has 0 atom stereocenters. The van der Waals surface area contributed by atoms with E-state index in [0.29, 0.717) is 0 Å². The summed E-state index contributed by atoms with van der Waals surface area (Å²) in [5, 5.41) is 0. The van der Waals surface area contributed by atoms with Crippen molar-refractivity contribution >= 4 is 0 Å². The van der Waals surface area contributed by atoms with Gasteiger partial charge in [0.05, 0.1) is 0 Å².